The lowest BCUT2D eigenvalue weighted by molar-refractivity contribution is -0.141. The summed E-state index contributed by atoms with van der Waals surface area (Å²) in [5, 5.41) is 36.1. The van der Waals surface area contributed by atoms with Gasteiger partial charge in [0.15, 0.2) is 5.69 Å². The van der Waals surface area contributed by atoms with E-state index in [0.29, 0.717) is 50.0 Å². The molecule has 0 aliphatic carbocycles. The van der Waals surface area contributed by atoms with Gasteiger partial charge in [-0.05, 0) is 152 Å². The summed E-state index contributed by atoms with van der Waals surface area (Å²) in [6.07, 6.45) is 3.45. The Bertz CT molecular complexity index is 7220. The number of halogens is 10. The number of nitrogens with one attached hydrogen (secondary N) is 5. The lowest BCUT2D eigenvalue weighted by Gasteiger charge is -2.08. The Kier molecular flexibility index (Phi) is 31.0. The van der Waals surface area contributed by atoms with Crippen molar-refractivity contribution in [3.63, 3.8) is 0 Å². The molecule has 0 saturated carbocycles. The fourth-order valence-corrected chi connectivity index (χ4v) is 15.2. The van der Waals surface area contributed by atoms with E-state index in [2.05, 4.69) is 77.0 Å². The first kappa shape index (κ1) is 97.4. The third-order valence-corrected chi connectivity index (χ3v) is 22.5. The molecule has 19 aromatic rings. The maximum atomic E-state index is 13.7. The molecule has 10 heterocycles. The number of hydrogen-bond donors (Lipinski definition) is 5. The molecule has 0 unspecified atom stereocenters. The number of benzene rings is 9. The molecule has 698 valence electrons. The smallest absolute Gasteiger partial charge is 0.321 e. The van der Waals surface area contributed by atoms with Gasteiger partial charge in [-0.1, -0.05) is 216 Å². The highest BCUT2D eigenvalue weighted by Gasteiger charge is 2.35. The van der Waals surface area contributed by atoms with Crippen molar-refractivity contribution in [3.05, 3.63) is 424 Å². The van der Waals surface area contributed by atoms with Crippen molar-refractivity contribution in [2.45, 2.75) is 6.18 Å². The van der Waals surface area contributed by atoms with Crippen LogP contribution in [0, 0.1) is 17.5 Å². The molecule has 10 aromatic heterocycles. The van der Waals surface area contributed by atoms with Gasteiger partial charge in [-0.2, -0.15) is 38.7 Å². The van der Waals surface area contributed by atoms with Crippen LogP contribution in [0.25, 0.3) is 101 Å². The highest BCUT2D eigenvalue weighted by Crippen LogP contribution is 2.36. The van der Waals surface area contributed by atoms with Crippen LogP contribution in [0.1, 0.15) is 57.5 Å². The van der Waals surface area contributed by atoms with Crippen molar-refractivity contribution >= 4 is 105 Å². The highest BCUT2D eigenvalue weighted by atomic mass is 35.5. The molecule has 25 nitrogen and oxygen atoms in total. The number of hydrogen-bond acceptors (Lipinski definition) is 15. The molecule has 0 aliphatic heterocycles. The second-order valence-corrected chi connectivity index (χ2v) is 32.3. The molecule has 19 rings (SSSR count). The van der Waals surface area contributed by atoms with Crippen molar-refractivity contribution in [2.24, 2.45) is 35.2 Å². The molecule has 0 saturated heterocycles. The Morgan fingerprint density at radius 2 is 0.557 bits per heavy atom. The van der Waals surface area contributed by atoms with Crippen LogP contribution in [-0.2, 0) is 41.4 Å². The van der Waals surface area contributed by atoms with Gasteiger partial charge >= 0.3 is 6.18 Å². The van der Waals surface area contributed by atoms with E-state index in [1.165, 1.54) is 49.6 Å². The van der Waals surface area contributed by atoms with Crippen LogP contribution in [0.4, 0.5) is 55.3 Å². The van der Waals surface area contributed by atoms with E-state index in [-0.39, 0.29) is 38.6 Å². The molecule has 0 fully saturated rings. The molecule has 0 spiro atoms. The van der Waals surface area contributed by atoms with Crippen molar-refractivity contribution in [1.82, 2.24) is 73.8 Å². The Labute approximate surface area is 816 Å². The first-order valence-corrected chi connectivity index (χ1v) is 44.0. The molecular weight excluding hydrogens is 1880 g/mol. The Morgan fingerprint density at radius 1 is 0.257 bits per heavy atom. The van der Waals surface area contributed by atoms with Crippen molar-refractivity contribution in [1.29, 1.82) is 0 Å². The molecule has 0 aliphatic rings. The fraction of sp³-hybridized carbons (Fsp3) is 0.0571. The van der Waals surface area contributed by atoms with Gasteiger partial charge in [-0.25, -0.2) is 33.1 Å². The minimum Gasteiger partial charge on any atom is -0.321 e. The zero-order chi connectivity index (χ0) is 98.7. The van der Waals surface area contributed by atoms with E-state index in [9.17, 15) is 50.3 Å². The van der Waals surface area contributed by atoms with E-state index >= 15 is 0 Å². The summed E-state index contributed by atoms with van der Waals surface area (Å²) < 4.78 is 87.7. The van der Waals surface area contributed by atoms with E-state index in [1.807, 2.05) is 197 Å². The van der Waals surface area contributed by atoms with Gasteiger partial charge in [0.2, 0.25) is 0 Å². The molecule has 5 amide bonds. The number of rotatable bonds is 19. The maximum Gasteiger partial charge on any atom is 0.435 e. The maximum absolute atomic E-state index is 13.7. The number of alkyl halides is 3. The van der Waals surface area contributed by atoms with E-state index in [4.69, 9.17) is 46.4 Å². The number of pyridine rings is 5. The second-order valence-electron chi connectivity index (χ2n) is 30.7. The first-order chi connectivity index (χ1) is 67.5. The number of carbonyl (C=O) groups is 5. The summed E-state index contributed by atoms with van der Waals surface area (Å²) in [5.74, 6) is -3.58. The number of nitrogens with zero attached hydrogens (tertiary/aromatic N) is 15. The molecular formula is C105H78Cl4F6N20O5. The molecule has 140 heavy (non-hydrogen) atoms. The molecule has 0 radical (unpaired) electrons. The van der Waals surface area contributed by atoms with Gasteiger partial charge in [0.25, 0.3) is 29.5 Å². The van der Waals surface area contributed by atoms with Crippen LogP contribution >= 0.6 is 46.4 Å². The average molecular weight is 1960 g/mol. The minimum atomic E-state index is -4.53. The van der Waals surface area contributed by atoms with Crippen LogP contribution < -0.4 is 26.6 Å². The number of amides is 5. The summed E-state index contributed by atoms with van der Waals surface area (Å²) in [4.78, 5) is 82.7. The molecule has 35 heteroatoms. The third-order valence-electron chi connectivity index (χ3n) is 21.2. The normalized spacial score (nSPS) is 10.8. The van der Waals surface area contributed by atoms with Gasteiger partial charge in [-0.15, -0.1) is 0 Å². The standard InChI is InChI=1S/C22H16Cl2N4O.C22H17ClN4O.C22H16F2N4O.C22H17FN4O.C17H12ClF3N4O/c1-28-19(12-18(27-28)14-6-3-2-4-7-14)15-10-11-20(25-13-15)26-22(29)21-16(23)8-5-9-17(21)24;1-27-20(13-19(26-27)15-7-3-2-4-8-15)16-11-12-21(24-14-16)25-22(28)17-9-5-6-10-18(17)23;1-28-19(12-18(27-28)14-6-3-2-4-7-14)15-10-11-20(25-13-15)26-22(29)21-16(23)8-5-9-17(21)24;1-27-20(13-19(26-27)15-7-3-2-4-8-15)16-11-12-21(24-14-16)25-22(28)17-9-5-6-10-18(17)23;1-25-14(8-15(24-25)17(19,20)21)13-7-6-10(9-22-13)23-16(26)11-4-2-3-5-12(11)18/h2-13H,1H3,(H,25,26,29);2-14H,1H3,(H,24,25,28);2-13H,1H3,(H,25,26,29);2-14H,1H3,(H,24,25,28);2-9H,1H3,(H,23,26). The summed E-state index contributed by atoms with van der Waals surface area (Å²) in [6, 6.07) is 93.2. The zero-order valence-corrected chi connectivity index (χ0v) is 77.5. The largest absolute Gasteiger partial charge is 0.435 e. The minimum absolute atomic E-state index is 0.0208. The van der Waals surface area contributed by atoms with Gasteiger partial charge in [0, 0.05) is 105 Å². The molecule has 9 aromatic carbocycles. The number of carbonyl (C=O) groups excluding carboxylic acids is 5. The number of aryl methyl sites for hydroxylation is 5. The van der Waals surface area contributed by atoms with Crippen molar-refractivity contribution in [2.75, 3.05) is 26.6 Å². The van der Waals surface area contributed by atoms with Crippen molar-refractivity contribution < 1.29 is 50.3 Å². The van der Waals surface area contributed by atoms with Crippen LogP contribution in [0.15, 0.2) is 353 Å². The summed E-state index contributed by atoms with van der Waals surface area (Å²) >= 11 is 24.2. The summed E-state index contributed by atoms with van der Waals surface area (Å²) in [6.45, 7) is 0. The fourth-order valence-electron chi connectivity index (χ4n) is 14.2. The van der Waals surface area contributed by atoms with Crippen LogP contribution in [-0.4, -0.2) is 103 Å². The monoisotopic (exact) mass is 1950 g/mol. The summed E-state index contributed by atoms with van der Waals surface area (Å²) in [5.41, 5.74) is 14.8. The molecule has 0 atom stereocenters. The topological polar surface area (TPSA) is 299 Å². The van der Waals surface area contributed by atoms with E-state index < -0.39 is 58.5 Å². The second kappa shape index (κ2) is 44.6. The Balaban J connectivity index is 0.000000132. The average Bonchev–Trinajstić information content (AvgIpc) is 1.73. The number of aromatic nitrogens is 15. The molecule has 0 bridgehead atoms. The Hall–Kier alpha value is -17.1. The SMILES string of the molecule is Cn1nc(-c2ccccc2)cc1-c1ccc(NC(=O)c2c(Cl)cccc2Cl)nc1.Cn1nc(-c2ccccc2)cc1-c1ccc(NC(=O)c2c(F)cccc2F)nc1.Cn1nc(-c2ccccc2)cc1-c1ccc(NC(=O)c2ccccc2Cl)nc1.Cn1nc(-c2ccccc2)cc1-c1ccc(NC(=O)c2ccccc2F)nc1.Cn1nc(C(F)(F)F)cc1-c1ccc(NC(=O)c2ccccc2Cl)cn1. The van der Waals surface area contributed by atoms with E-state index in [1.54, 1.807) is 142 Å². The van der Waals surface area contributed by atoms with E-state index in [0.717, 1.165) is 113 Å². The third kappa shape index (κ3) is 24.2. The van der Waals surface area contributed by atoms with Crippen LogP contribution in [0.3, 0.4) is 0 Å². The quantitative estimate of drug-likeness (QED) is 0.0470. The predicted molar refractivity (Wildman–Crippen MR) is 531 cm³/mol. The molecule has 5 N–H and O–H groups in total. The Morgan fingerprint density at radius 3 is 0.886 bits per heavy atom. The lowest BCUT2D eigenvalue weighted by Crippen LogP contribution is -2.16. The number of anilines is 5. The van der Waals surface area contributed by atoms with Gasteiger partial charge in [-0.3, -0.25) is 52.4 Å². The zero-order valence-electron chi connectivity index (χ0n) is 74.5. The summed E-state index contributed by atoms with van der Waals surface area (Å²) in [7, 11) is 8.89. The van der Waals surface area contributed by atoms with Gasteiger partial charge in [0.1, 0.15) is 46.3 Å². The van der Waals surface area contributed by atoms with Crippen molar-refractivity contribution in [3.8, 4) is 101 Å². The first-order valence-electron chi connectivity index (χ1n) is 42.5. The van der Waals surface area contributed by atoms with Crippen LogP contribution in [0.5, 0.6) is 0 Å². The highest BCUT2D eigenvalue weighted by molar-refractivity contribution is 6.40. The predicted octanol–water partition coefficient (Wildman–Crippen LogP) is 24.4. The lowest BCUT2D eigenvalue weighted by atomic mass is 10.1. The van der Waals surface area contributed by atoms with Gasteiger partial charge < -0.3 is 26.6 Å². The van der Waals surface area contributed by atoms with Crippen LogP contribution in [0.2, 0.25) is 20.1 Å². The van der Waals surface area contributed by atoms with Gasteiger partial charge in [0.05, 0.1) is 111 Å².